The summed E-state index contributed by atoms with van der Waals surface area (Å²) in [5.41, 5.74) is 1.77. The summed E-state index contributed by atoms with van der Waals surface area (Å²) < 4.78 is 0. The van der Waals surface area contributed by atoms with Crippen molar-refractivity contribution >= 4 is 12.3 Å². The Kier molecular flexibility index (Phi) is 2.88. The molecule has 0 N–H and O–H groups in total. The van der Waals surface area contributed by atoms with Gasteiger partial charge in [-0.15, -0.1) is 0 Å². The third kappa shape index (κ3) is 2.26. The lowest BCUT2D eigenvalue weighted by Crippen LogP contribution is -2.52. The van der Waals surface area contributed by atoms with E-state index in [4.69, 9.17) is 0 Å². The van der Waals surface area contributed by atoms with Gasteiger partial charge in [0.1, 0.15) is 0 Å². The Morgan fingerprint density at radius 1 is 1.13 bits per heavy atom. The van der Waals surface area contributed by atoms with Crippen LogP contribution in [0.2, 0.25) is 6.32 Å². The van der Waals surface area contributed by atoms with E-state index in [0.717, 1.165) is 0 Å². The van der Waals surface area contributed by atoms with Gasteiger partial charge in [-0.05, 0) is 33.7 Å². The molecular formula is C13H20BN. The summed E-state index contributed by atoms with van der Waals surface area (Å²) in [5, 5.41) is 0. The van der Waals surface area contributed by atoms with Gasteiger partial charge in [0.05, 0.1) is 0 Å². The first kappa shape index (κ1) is 10.8. The Morgan fingerprint density at radius 3 is 2.40 bits per heavy atom. The SMILES string of the molecule is CC(C)(C)N1CCCB1c1ccccc1. The highest BCUT2D eigenvalue weighted by Crippen LogP contribution is 2.24. The molecule has 0 aromatic heterocycles. The van der Waals surface area contributed by atoms with Crippen LogP contribution in [-0.2, 0) is 0 Å². The van der Waals surface area contributed by atoms with Crippen LogP contribution in [-0.4, -0.2) is 23.7 Å². The Hall–Kier alpha value is -0.755. The first-order valence-electron chi connectivity index (χ1n) is 5.91. The third-order valence-electron chi connectivity index (χ3n) is 3.30. The van der Waals surface area contributed by atoms with Crippen LogP contribution in [0.1, 0.15) is 27.2 Å². The van der Waals surface area contributed by atoms with Crippen LogP contribution in [0.3, 0.4) is 0 Å². The number of rotatable bonds is 1. The van der Waals surface area contributed by atoms with Gasteiger partial charge in [0.15, 0.2) is 0 Å². The van der Waals surface area contributed by atoms with Gasteiger partial charge in [-0.2, -0.15) is 0 Å². The smallest absolute Gasteiger partial charge is 0.258 e. The second-order valence-corrected chi connectivity index (χ2v) is 5.43. The molecule has 0 saturated carbocycles. The Labute approximate surface area is 93.6 Å². The molecule has 0 aliphatic carbocycles. The van der Waals surface area contributed by atoms with Crippen molar-refractivity contribution in [3.8, 4) is 0 Å². The maximum atomic E-state index is 2.63. The van der Waals surface area contributed by atoms with Crippen molar-refractivity contribution in [2.45, 2.75) is 39.1 Å². The Balaban J connectivity index is 2.23. The summed E-state index contributed by atoms with van der Waals surface area (Å²) in [6.07, 6.45) is 2.64. The molecule has 1 fully saturated rings. The topological polar surface area (TPSA) is 3.24 Å². The van der Waals surface area contributed by atoms with E-state index in [2.05, 4.69) is 55.9 Å². The molecule has 15 heavy (non-hydrogen) atoms. The van der Waals surface area contributed by atoms with Gasteiger partial charge in [0, 0.05) is 5.54 Å². The lowest BCUT2D eigenvalue weighted by Gasteiger charge is -2.36. The van der Waals surface area contributed by atoms with E-state index < -0.39 is 0 Å². The Morgan fingerprint density at radius 2 is 1.80 bits per heavy atom. The number of hydrogen-bond donors (Lipinski definition) is 0. The molecular weight excluding hydrogens is 181 g/mol. The summed E-state index contributed by atoms with van der Waals surface area (Å²) >= 11 is 0. The molecule has 0 spiro atoms. The average molecular weight is 201 g/mol. The van der Waals surface area contributed by atoms with Gasteiger partial charge in [-0.3, -0.25) is 0 Å². The normalized spacial score (nSPS) is 18.5. The largest absolute Gasteiger partial charge is 0.333 e. The van der Waals surface area contributed by atoms with Gasteiger partial charge in [0.25, 0.3) is 6.85 Å². The van der Waals surface area contributed by atoms with Gasteiger partial charge in [-0.1, -0.05) is 42.1 Å². The van der Waals surface area contributed by atoms with Crippen molar-refractivity contribution in [1.82, 2.24) is 4.81 Å². The number of hydrogen-bond acceptors (Lipinski definition) is 1. The summed E-state index contributed by atoms with van der Waals surface area (Å²) in [6.45, 7) is 8.81. The van der Waals surface area contributed by atoms with E-state index in [1.807, 2.05) is 0 Å². The molecule has 1 aromatic carbocycles. The maximum absolute atomic E-state index is 2.63. The molecule has 1 aliphatic heterocycles. The molecule has 0 bridgehead atoms. The van der Waals surface area contributed by atoms with Gasteiger partial charge in [-0.25, -0.2) is 0 Å². The fourth-order valence-electron chi connectivity index (χ4n) is 2.59. The minimum Gasteiger partial charge on any atom is -0.333 e. The zero-order valence-electron chi connectivity index (χ0n) is 10.0. The first-order valence-corrected chi connectivity index (χ1v) is 5.91. The van der Waals surface area contributed by atoms with Crippen LogP contribution in [0.15, 0.2) is 30.3 Å². The van der Waals surface area contributed by atoms with Crippen LogP contribution in [0, 0.1) is 0 Å². The van der Waals surface area contributed by atoms with Crippen molar-refractivity contribution < 1.29 is 0 Å². The van der Waals surface area contributed by atoms with Crippen molar-refractivity contribution in [2.24, 2.45) is 0 Å². The molecule has 1 nitrogen and oxygen atoms in total. The maximum Gasteiger partial charge on any atom is 0.258 e. The highest BCUT2D eigenvalue weighted by molar-refractivity contribution is 6.71. The minimum absolute atomic E-state index is 0.289. The van der Waals surface area contributed by atoms with Crippen LogP contribution >= 0.6 is 0 Å². The van der Waals surface area contributed by atoms with Gasteiger partial charge < -0.3 is 4.81 Å². The molecule has 1 saturated heterocycles. The quantitative estimate of drug-likeness (QED) is 0.630. The van der Waals surface area contributed by atoms with Crippen molar-refractivity contribution in [3.63, 3.8) is 0 Å². The van der Waals surface area contributed by atoms with Crippen LogP contribution in [0.4, 0.5) is 0 Å². The molecule has 0 amide bonds. The van der Waals surface area contributed by atoms with E-state index in [0.29, 0.717) is 6.85 Å². The van der Waals surface area contributed by atoms with Crippen molar-refractivity contribution in [1.29, 1.82) is 0 Å². The standard InChI is InChI=1S/C13H20BN/c1-13(2,3)15-11-7-10-14(15)12-8-5-4-6-9-12/h4-6,8-9H,7,10-11H2,1-3H3. The molecule has 80 valence electrons. The lowest BCUT2D eigenvalue weighted by molar-refractivity contribution is 0.267. The highest BCUT2D eigenvalue weighted by Gasteiger charge is 2.36. The van der Waals surface area contributed by atoms with Crippen molar-refractivity contribution in [3.05, 3.63) is 30.3 Å². The van der Waals surface area contributed by atoms with Gasteiger partial charge in [0.2, 0.25) is 0 Å². The Bertz CT molecular complexity index is 315. The van der Waals surface area contributed by atoms with E-state index >= 15 is 0 Å². The number of benzene rings is 1. The zero-order chi connectivity index (χ0) is 10.9. The lowest BCUT2D eigenvalue weighted by atomic mass is 9.52. The van der Waals surface area contributed by atoms with Crippen molar-refractivity contribution in [2.75, 3.05) is 6.54 Å². The summed E-state index contributed by atoms with van der Waals surface area (Å²) in [5.74, 6) is 0. The average Bonchev–Trinajstić information content (AvgIpc) is 2.67. The van der Waals surface area contributed by atoms with E-state index in [-0.39, 0.29) is 5.54 Å². The molecule has 0 unspecified atom stereocenters. The van der Waals surface area contributed by atoms with Crippen LogP contribution < -0.4 is 5.46 Å². The van der Waals surface area contributed by atoms with Crippen LogP contribution in [0.5, 0.6) is 0 Å². The highest BCUT2D eigenvalue weighted by atomic mass is 15.1. The van der Waals surface area contributed by atoms with Crippen LogP contribution in [0.25, 0.3) is 0 Å². The summed E-state index contributed by atoms with van der Waals surface area (Å²) in [6, 6.07) is 10.9. The molecule has 1 heterocycles. The molecule has 0 radical (unpaired) electrons. The van der Waals surface area contributed by atoms with E-state index in [9.17, 15) is 0 Å². The zero-order valence-corrected chi connectivity index (χ0v) is 10.0. The molecule has 1 aliphatic rings. The summed E-state index contributed by atoms with van der Waals surface area (Å²) in [4.78, 5) is 2.63. The van der Waals surface area contributed by atoms with E-state index in [1.54, 1.807) is 0 Å². The predicted molar refractivity (Wildman–Crippen MR) is 67.7 cm³/mol. The molecule has 0 atom stereocenters. The number of nitrogens with zero attached hydrogens (tertiary/aromatic N) is 1. The molecule has 1 aromatic rings. The molecule has 2 rings (SSSR count). The first-order chi connectivity index (χ1) is 7.09. The fraction of sp³-hybridized carbons (Fsp3) is 0.538. The second kappa shape index (κ2) is 4.01. The second-order valence-electron chi connectivity index (χ2n) is 5.43. The summed E-state index contributed by atoms with van der Waals surface area (Å²) in [7, 11) is 0. The monoisotopic (exact) mass is 201 g/mol. The van der Waals surface area contributed by atoms with E-state index in [1.165, 1.54) is 24.7 Å². The van der Waals surface area contributed by atoms with Gasteiger partial charge >= 0.3 is 0 Å². The minimum atomic E-state index is 0.289. The third-order valence-corrected chi connectivity index (χ3v) is 3.30. The predicted octanol–water partition coefficient (Wildman–Crippen LogP) is 2.39. The fourth-order valence-corrected chi connectivity index (χ4v) is 2.59. The molecule has 2 heteroatoms.